The topological polar surface area (TPSA) is 92.8 Å². The maximum atomic E-state index is 12.5. The highest BCUT2D eigenvalue weighted by Crippen LogP contribution is 2.23. The number of carbonyl (C=O) groups is 1. The van der Waals surface area contributed by atoms with Crippen molar-refractivity contribution in [2.45, 2.75) is 10.9 Å². The third-order valence-corrected chi connectivity index (χ3v) is 5.21. The van der Waals surface area contributed by atoms with Crippen molar-refractivity contribution in [2.24, 2.45) is 0 Å². The van der Waals surface area contributed by atoms with E-state index < -0.39 is 0 Å². The number of aromatic amines is 1. The quantitative estimate of drug-likeness (QED) is 0.386. The van der Waals surface area contributed by atoms with E-state index in [-0.39, 0.29) is 5.91 Å². The number of halogens is 1. The number of anilines is 1. The molecule has 0 aliphatic rings. The van der Waals surface area contributed by atoms with Crippen LogP contribution < -0.4 is 10.1 Å². The Hall–Kier alpha value is -3.36. The van der Waals surface area contributed by atoms with E-state index in [1.54, 1.807) is 66.5 Å². The summed E-state index contributed by atoms with van der Waals surface area (Å²) in [6.07, 6.45) is 3.02. The molecule has 0 saturated carbocycles. The van der Waals surface area contributed by atoms with Crippen LogP contribution in [0.25, 0.3) is 0 Å². The highest BCUT2D eigenvalue weighted by atomic mass is 35.5. The number of pyridine rings is 1. The fourth-order valence-electron chi connectivity index (χ4n) is 2.51. The van der Waals surface area contributed by atoms with Crippen LogP contribution >= 0.6 is 23.4 Å². The van der Waals surface area contributed by atoms with E-state index in [4.69, 9.17) is 16.3 Å². The Balaban J connectivity index is 1.32. The van der Waals surface area contributed by atoms with E-state index >= 15 is 0 Å². The molecule has 2 heterocycles. The molecule has 0 fully saturated rings. The first kappa shape index (κ1) is 19.9. The molecule has 0 aliphatic carbocycles. The first-order valence-corrected chi connectivity index (χ1v) is 10.3. The fraction of sp³-hybridized carbons (Fsp3) is 0.0476. The number of thioether (sulfide) groups is 1. The van der Waals surface area contributed by atoms with E-state index in [1.165, 1.54) is 6.33 Å². The van der Waals surface area contributed by atoms with Gasteiger partial charge in [0.15, 0.2) is 5.16 Å². The van der Waals surface area contributed by atoms with Crippen LogP contribution in [0.4, 0.5) is 5.69 Å². The van der Waals surface area contributed by atoms with Crippen molar-refractivity contribution in [3.8, 4) is 11.6 Å². The molecular formula is C21H16ClN5O2S. The first-order valence-electron chi connectivity index (χ1n) is 8.94. The second-order valence-corrected chi connectivity index (χ2v) is 7.57. The van der Waals surface area contributed by atoms with Gasteiger partial charge in [-0.1, -0.05) is 35.5 Å². The van der Waals surface area contributed by atoms with Crippen LogP contribution in [0.5, 0.6) is 11.6 Å². The van der Waals surface area contributed by atoms with Gasteiger partial charge in [0, 0.05) is 22.4 Å². The van der Waals surface area contributed by atoms with Gasteiger partial charge in [0.25, 0.3) is 5.91 Å². The zero-order chi connectivity index (χ0) is 20.8. The molecule has 9 heteroatoms. The zero-order valence-corrected chi connectivity index (χ0v) is 17.2. The Morgan fingerprint density at radius 1 is 1.03 bits per heavy atom. The lowest BCUT2D eigenvalue weighted by molar-refractivity contribution is 0.102. The first-order chi connectivity index (χ1) is 14.7. The maximum absolute atomic E-state index is 12.5. The predicted octanol–water partition coefficient (Wildman–Crippen LogP) is 5.19. The van der Waals surface area contributed by atoms with Crippen molar-refractivity contribution in [3.63, 3.8) is 0 Å². The Kier molecular flexibility index (Phi) is 6.26. The number of aromatic nitrogens is 4. The molecule has 150 valence electrons. The lowest BCUT2D eigenvalue weighted by Gasteiger charge is -2.08. The molecule has 30 heavy (non-hydrogen) atoms. The van der Waals surface area contributed by atoms with Gasteiger partial charge in [-0.3, -0.25) is 9.89 Å². The van der Waals surface area contributed by atoms with E-state index in [2.05, 4.69) is 25.5 Å². The van der Waals surface area contributed by atoms with E-state index in [0.717, 1.165) is 16.5 Å². The minimum Gasteiger partial charge on any atom is -0.439 e. The summed E-state index contributed by atoms with van der Waals surface area (Å²) in [6.45, 7) is 0. The summed E-state index contributed by atoms with van der Waals surface area (Å²) in [5.74, 6) is 1.57. The highest BCUT2D eigenvalue weighted by molar-refractivity contribution is 7.98. The van der Waals surface area contributed by atoms with Crippen LogP contribution in [-0.4, -0.2) is 26.1 Å². The van der Waals surface area contributed by atoms with Crippen LogP contribution in [0.2, 0.25) is 5.02 Å². The number of benzene rings is 2. The number of ether oxygens (including phenoxy) is 1. The Morgan fingerprint density at radius 2 is 1.83 bits per heavy atom. The van der Waals surface area contributed by atoms with Crippen molar-refractivity contribution in [2.75, 3.05) is 5.32 Å². The molecule has 2 N–H and O–H groups in total. The van der Waals surface area contributed by atoms with Gasteiger partial charge in [-0.05, 0) is 48.0 Å². The molecule has 0 aliphatic heterocycles. The van der Waals surface area contributed by atoms with Crippen LogP contribution in [-0.2, 0) is 5.75 Å². The van der Waals surface area contributed by atoms with Crippen LogP contribution in [0, 0.1) is 0 Å². The van der Waals surface area contributed by atoms with Gasteiger partial charge >= 0.3 is 0 Å². The smallest absolute Gasteiger partial charge is 0.255 e. The number of nitrogens with one attached hydrogen (secondary N) is 2. The van der Waals surface area contributed by atoms with Crippen molar-refractivity contribution in [1.29, 1.82) is 0 Å². The van der Waals surface area contributed by atoms with Crippen LogP contribution in [0.15, 0.2) is 78.3 Å². The Morgan fingerprint density at radius 3 is 2.50 bits per heavy atom. The second kappa shape index (κ2) is 9.43. The summed E-state index contributed by atoms with van der Waals surface area (Å²) in [5, 5.41) is 10.8. The molecule has 0 spiro atoms. The van der Waals surface area contributed by atoms with Crippen LogP contribution in [0.1, 0.15) is 15.9 Å². The number of hydrogen-bond donors (Lipinski definition) is 2. The molecule has 0 radical (unpaired) electrons. The fourth-order valence-corrected chi connectivity index (χ4v) is 3.37. The summed E-state index contributed by atoms with van der Waals surface area (Å²) in [7, 11) is 0. The molecule has 2 aromatic heterocycles. The van der Waals surface area contributed by atoms with Crippen molar-refractivity contribution in [1.82, 2.24) is 20.2 Å². The largest absolute Gasteiger partial charge is 0.439 e. The summed E-state index contributed by atoms with van der Waals surface area (Å²) in [5.41, 5.74) is 2.22. The molecular weight excluding hydrogens is 422 g/mol. The number of hydrogen-bond acceptors (Lipinski definition) is 6. The highest BCUT2D eigenvalue weighted by Gasteiger charge is 2.08. The lowest BCUT2D eigenvalue weighted by Crippen LogP contribution is -2.12. The van der Waals surface area contributed by atoms with Crippen LogP contribution in [0.3, 0.4) is 0 Å². The minimum atomic E-state index is -0.211. The van der Waals surface area contributed by atoms with E-state index in [9.17, 15) is 4.79 Å². The zero-order valence-electron chi connectivity index (χ0n) is 15.6. The monoisotopic (exact) mass is 437 g/mol. The van der Waals surface area contributed by atoms with Gasteiger partial charge in [0.2, 0.25) is 5.88 Å². The Labute approximate surface area is 181 Å². The molecule has 1 amide bonds. The van der Waals surface area contributed by atoms with Gasteiger partial charge in [-0.15, -0.1) is 0 Å². The normalized spacial score (nSPS) is 10.6. The summed E-state index contributed by atoms with van der Waals surface area (Å²) >= 11 is 7.40. The summed E-state index contributed by atoms with van der Waals surface area (Å²) in [4.78, 5) is 20.8. The molecule has 0 unspecified atom stereocenters. The average molecular weight is 438 g/mol. The SMILES string of the molecule is O=C(Nc1ccc(Oc2ccc(Cl)cc2)nc1)c1ccc(CSc2ncn[nH]2)cc1. The average Bonchev–Trinajstić information content (AvgIpc) is 3.29. The molecule has 7 nitrogen and oxygen atoms in total. The van der Waals surface area contributed by atoms with Gasteiger partial charge in [-0.2, -0.15) is 5.10 Å². The molecule has 0 bridgehead atoms. The van der Waals surface area contributed by atoms with Crippen molar-refractivity contribution < 1.29 is 9.53 Å². The molecule has 4 aromatic rings. The molecule has 2 aromatic carbocycles. The Bertz CT molecular complexity index is 1100. The van der Waals surface area contributed by atoms with E-state index in [0.29, 0.717) is 27.9 Å². The van der Waals surface area contributed by atoms with E-state index in [1.807, 2.05) is 12.1 Å². The predicted molar refractivity (Wildman–Crippen MR) is 116 cm³/mol. The standard InChI is InChI=1S/C21H16ClN5O2S/c22-16-5-8-18(9-6-16)29-19-10-7-17(11-23-19)26-20(28)15-3-1-14(2-4-15)12-30-21-24-13-25-27-21/h1-11,13H,12H2,(H,26,28)(H,24,25,27). The second-order valence-electron chi connectivity index (χ2n) is 6.17. The number of nitrogens with zero attached hydrogens (tertiary/aromatic N) is 3. The number of rotatable bonds is 7. The van der Waals surface area contributed by atoms with Gasteiger partial charge in [0.1, 0.15) is 12.1 Å². The van der Waals surface area contributed by atoms with Gasteiger partial charge < -0.3 is 10.1 Å². The summed E-state index contributed by atoms with van der Waals surface area (Å²) < 4.78 is 5.65. The summed E-state index contributed by atoms with van der Waals surface area (Å²) in [6, 6.07) is 17.8. The minimum absolute atomic E-state index is 0.211. The third kappa shape index (κ3) is 5.37. The molecule has 4 rings (SSSR count). The number of carbonyl (C=O) groups excluding carboxylic acids is 1. The van der Waals surface area contributed by atoms with Crippen molar-refractivity contribution in [3.05, 3.63) is 89.3 Å². The van der Waals surface area contributed by atoms with Crippen molar-refractivity contribution >= 4 is 35.0 Å². The lowest BCUT2D eigenvalue weighted by atomic mass is 10.1. The number of amides is 1. The maximum Gasteiger partial charge on any atom is 0.255 e. The van der Waals surface area contributed by atoms with Gasteiger partial charge in [-0.25, -0.2) is 9.97 Å². The molecule has 0 saturated heterocycles. The van der Waals surface area contributed by atoms with Gasteiger partial charge in [0.05, 0.1) is 11.9 Å². The number of H-pyrrole nitrogens is 1. The molecule has 0 atom stereocenters. The third-order valence-electron chi connectivity index (χ3n) is 4.01.